The molecule has 0 spiro atoms. The Morgan fingerprint density at radius 3 is 2.38 bits per heavy atom. The van der Waals surface area contributed by atoms with Crippen LogP contribution < -0.4 is 15.4 Å². The van der Waals surface area contributed by atoms with Crippen molar-refractivity contribution >= 4 is 5.96 Å². The summed E-state index contributed by atoms with van der Waals surface area (Å²) in [5.41, 5.74) is 1.21. The topological polar surface area (TPSA) is 48.9 Å². The van der Waals surface area contributed by atoms with E-state index in [2.05, 4.69) is 32.7 Å². The summed E-state index contributed by atoms with van der Waals surface area (Å²) in [5.74, 6) is 1.45. The third kappa shape index (κ3) is 8.51. The summed E-state index contributed by atoms with van der Waals surface area (Å²) in [6, 6.07) is 8.32. The maximum Gasteiger partial charge on any atom is 0.389 e. The van der Waals surface area contributed by atoms with Gasteiger partial charge in [0.25, 0.3) is 0 Å². The molecule has 0 saturated carbocycles. The minimum absolute atomic E-state index is 0.121. The number of ether oxygens (including phenoxy) is 1. The number of guanidine groups is 1. The van der Waals surface area contributed by atoms with Crippen LogP contribution in [-0.2, 0) is 0 Å². The average molecular weight is 415 g/mol. The quantitative estimate of drug-likeness (QED) is 0.363. The summed E-state index contributed by atoms with van der Waals surface area (Å²) < 4.78 is 42.0. The van der Waals surface area contributed by atoms with Gasteiger partial charge in [-0.2, -0.15) is 13.2 Å². The van der Waals surface area contributed by atoms with Gasteiger partial charge < -0.3 is 15.4 Å². The van der Waals surface area contributed by atoms with Gasteiger partial charge in [-0.05, 0) is 56.5 Å². The molecule has 2 rings (SSSR count). The molecule has 1 aliphatic heterocycles. The lowest BCUT2D eigenvalue weighted by molar-refractivity contribution is -0.135. The number of alkyl halides is 3. The lowest BCUT2D eigenvalue weighted by Gasteiger charge is -2.35. The number of unbranched alkanes of at least 4 members (excludes halogenated alkanes) is 1. The SMILES string of the molecule is CN=C(NCCCCC(F)(F)F)NCC(c1ccc(OC)cc1)N1CCCCC1. The zero-order valence-electron chi connectivity index (χ0n) is 17.4. The van der Waals surface area contributed by atoms with Crippen molar-refractivity contribution in [2.75, 3.05) is 40.3 Å². The molecule has 8 heteroatoms. The van der Waals surface area contributed by atoms with Crippen LogP contribution in [0.3, 0.4) is 0 Å². The lowest BCUT2D eigenvalue weighted by atomic mass is 10.0. The lowest BCUT2D eigenvalue weighted by Crippen LogP contribution is -2.44. The van der Waals surface area contributed by atoms with Gasteiger partial charge in [0.1, 0.15) is 5.75 Å². The van der Waals surface area contributed by atoms with Crippen molar-refractivity contribution in [1.82, 2.24) is 15.5 Å². The van der Waals surface area contributed by atoms with Crippen LogP contribution in [0, 0.1) is 0 Å². The summed E-state index contributed by atoms with van der Waals surface area (Å²) in [5, 5.41) is 6.46. The number of methoxy groups -OCH3 is 1. The molecule has 5 nitrogen and oxygen atoms in total. The Balaban J connectivity index is 1.89. The first kappa shape index (κ1) is 23.3. The monoisotopic (exact) mass is 414 g/mol. The summed E-state index contributed by atoms with van der Waals surface area (Å²) in [6.45, 7) is 3.25. The summed E-state index contributed by atoms with van der Waals surface area (Å²) in [6.07, 6.45) is -0.600. The molecule has 0 aromatic heterocycles. The maximum absolute atomic E-state index is 12.2. The predicted molar refractivity (Wildman–Crippen MR) is 110 cm³/mol. The fourth-order valence-electron chi connectivity index (χ4n) is 3.59. The number of piperidine rings is 1. The van der Waals surface area contributed by atoms with Gasteiger partial charge in [-0.3, -0.25) is 9.89 Å². The zero-order chi connectivity index (χ0) is 21.1. The van der Waals surface area contributed by atoms with Gasteiger partial charge in [0.05, 0.1) is 13.2 Å². The Morgan fingerprint density at radius 1 is 1.10 bits per heavy atom. The molecule has 1 aromatic rings. The van der Waals surface area contributed by atoms with E-state index in [0.717, 1.165) is 18.8 Å². The molecule has 0 amide bonds. The predicted octanol–water partition coefficient (Wildman–Crippen LogP) is 4.12. The molecule has 29 heavy (non-hydrogen) atoms. The van der Waals surface area contributed by atoms with Crippen molar-refractivity contribution in [2.45, 2.75) is 50.7 Å². The van der Waals surface area contributed by atoms with Crippen LogP contribution >= 0.6 is 0 Å². The number of aliphatic imine (C=N–C) groups is 1. The number of likely N-dealkylation sites (tertiary alicyclic amines) is 1. The van der Waals surface area contributed by atoms with Crippen LogP contribution in [0.2, 0.25) is 0 Å². The molecule has 1 aliphatic rings. The Kier molecular flexibility index (Phi) is 9.57. The van der Waals surface area contributed by atoms with E-state index < -0.39 is 12.6 Å². The number of hydrogen-bond acceptors (Lipinski definition) is 3. The second kappa shape index (κ2) is 11.9. The second-order valence-corrected chi connectivity index (χ2v) is 7.34. The van der Waals surface area contributed by atoms with E-state index in [4.69, 9.17) is 4.74 Å². The minimum atomic E-state index is -4.08. The molecule has 1 saturated heterocycles. The Morgan fingerprint density at radius 2 is 1.79 bits per heavy atom. The van der Waals surface area contributed by atoms with Crippen LogP contribution in [0.25, 0.3) is 0 Å². The highest BCUT2D eigenvalue weighted by atomic mass is 19.4. The van der Waals surface area contributed by atoms with Gasteiger partial charge in [-0.25, -0.2) is 0 Å². The second-order valence-electron chi connectivity index (χ2n) is 7.34. The fraction of sp³-hybridized carbons (Fsp3) is 0.667. The van der Waals surface area contributed by atoms with Gasteiger partial charge >= 0.3 is 6.18 Å². The van der Waals surface area contributed by atoms with E-state index >= 15 is 0 Å². The van der Waals surface area contributed by atoms with Crippen molar-refractivity contribution in [2.24, 2.45) is 4.99 Å². The number of nitrogens with zero attached hydrogens (tertiary/aromatic N) is 2. The highest BCUT2D eigenvalue weighted by molar-refractivity contribution is 5.79. The molecule has 0 aliphatic carbocycles. The highest BCUT2D eigenvalue weighted by Crippen LogP contribution is 2.26. The third-order valence-electron chi connectivity index (χ3n) is 5.20. The first-order valence-corrected chi connectivity index (χ1v) is 10.3. The van der Waals surface area contributed by atoms with Gasteiger partial charge in [-0.15, -0.1) is 0 Å². The van der Waals surface area contributed by atoms with Gasteiger partial charge in [-0.1, -0.05) is 18.6 Å². The number of benzene rings is 1. The van der Waals surface area contributed by atoms with Crippen LogP contribution in [0.5, 0.6) is 5.75 Å². The minimum Gasteiger partial charge on any atom is -0.497 e. The third-order valence-corrected chi connectivity index (χ3v) is 5.20. The number of nitrogens with one attached hydrogen (secondary N) is 2. The van der Waals surface area contributed by atoms with E-state index in [9.17, 15) is 13.2 Å². The normalized spacial score (nSPS) is 17.1. The molecule has 164 valence electrons. The van der Waals surface area contributed by atoms with Crippen LogP contribution in [-0.4, -0.2) is 57.4 Å². The van der Waals surface area contributed by atoms with Crippen LogP contribution in [0.1, 0.15) is 50.1 Å². The molecule has 1 unspecified atom stereocenters. The first-order valence-electron chi connectivity index (χ1n) is 10.3. The molecule has 0 bridgehead atoms. The number of halogens is 3. The van der Waals surface area contributed by atoms with E-state index in [0.29, 0.717) is 25.5 Å². The van der Waals surface area contributed by atoms with E-state index in [1.807, 2.05) is 12.1 Å². The fourth-order valence-corrected chi connectivity index (χ4v) is 3.59. The smallest absolute Gasteiger partial charge is 0.389 e. The standard InChI is InChI=1S/C21H33F3N4O/c1-25-20(26-13-5-4-12-21(22,23)24)27-16-19(28-14-6-3-7-15-28)17-8-10-18(29-2)11-9-17/h8-11,19H,3-7,12-16H2,1-2H3,(H2,25,26,27). The molecular formula is C21H33F3N4O. The van der Waals surface area contributed by atoms with Crippen LogP contribution in [0.4, 0.5) is 13.2 Å². The molecule has 0 radical (unpaired) electrons. The summed E-state index contributed by atoms with van der Waals surface area (Å²) in [7, 11) is 3.33. The molecule has 1 atom stereocenters. The van der Waals surface area contributed by atoms with Crippen molar-refractivity contribution in [3.8, 4) is 5.75 Å². The summed E-state index contributed by atoms with van der Waals surface area (Å²) in [4.78, 5) is 6.69. The Hall–Kier alpha value is -1.96. The molecule has 1 aromatic carbocycles. The summed E-state index contributed by atoms with van der Waals surface area (Å²) >= 11 is 0. The Labute approximate surface area is 171 Å². The zero-order valence-corrected chi connectivity index (χ0v) is 17.4. The van der Waals surface area contributed by atoms with Gasteiger partial charge in [0.15, 0.2) is 5.96 Å². The molecular weight excluding hydrogens is 381 g/mol. The van der Waals surface area contributed by atoms with E-state index in [1.54, 1.807) is 14.2 Å². The maximum atomic E-state index is 12.2. The van der Waals surface area contributed by atoms with Gasteiger partial charge in [0, 0.05) is 26.6 Å². The van der Waals surface area contributed by atoms with Crippen LogP contribution in [0.15, 0.2) is 29.3 Å². The van der Waals surface area contributed by atoms with Crippen molar-refractivity contribution in [3.05, 3.63) is 29.8 Å². The first-order chi connectivity index (χ1) is 13.9. The highest BCUT2D eigenvalue weighted by Gasteiger charge is 2.26. The van der Waals surface area contributed by atoms with E-state index in [-0.39, 0.29) is 12.5 Å². The largest absolute Gasteiger partial charge is 0.497 e. The Bertz CT molecular complexity index is 613. The van der Waals surface area contributed by atoms with Gasteiger partial charge in [0.2, 0.25) is 0 Å². The number of hydrogen-bond donors (Lipinski definition) is 2. The van der Waals surface area contributed by atoms with Crippen molar-refractivity contribution in [1.29, 1.82) is 0 Å². The van der Waals surface area contributed by atoms with Crippen molar-refractivity contribution < 1.29 is 17.9 Å². The van der Waals surface area contributed by atoms with Crippen molar-refractivity contribution in [3.63, 3.8) is 0 Å². The molecule has 1 fully saturated rings. The van der Waals surface area contributed by atoms with E-state index in [1.165, 1.54) is 24.8 Å². The number of rotatable bonds is 9. The molecule has 2 N–H and O–H groups in total. The average Bonchev–Trinajstić information content (AvgIpc) is 2.72. The molecule has 1 heterocycles.